The predicted octanol–water partition coefficient (Wildman–Crippen LogP) is 3.19. The first-order valence-electron chi connectivity index (χ1n) is 10.4. The van der Waals surface area contributed by atoms with Crippen LogP contribution in [0.5, 0.6) is 0 Å². The van der Waals surface area contributed by atoms with Gasteiger partial charge >= 0.3 is 0 Å². The minimum atomic E-state index is -0.501. The van der Waals surface area contributed by atoms with Crippen molar-refractivity contribution < 1.29 is 4.79 Å². The molecule has 0 aliphatic carbocycles. The summed E-state index contributed by atoms with van der Waals surface area (Å²) >= 11 is 3.10. The lowest BCUT2D eigenvalue weighted by Gasteiger charge is -2.25. The summed E-state index contributed by atoms with van der Waals surface area (Å²) in [6.45, 7) is 4.60. The summed E-state index contributed by atoms with van der Waals surface area (Å²) in [7, 11) is 0. The molecule has 1 aromatic carbocycles. The van der Waals surface area contributed by atoms with E-state index in [4.69, 9.17) is 11.5 Å². The number of aliphatic imine (C=N–C) groups is 1. The highest BCUT2D eigenvalue weighted by Gasteiger charge is 2.22. The van der Waals surface area contributed by atoms with Gasteiger partial charge in [0.25, 0.3) is 5.91 Å². The first-order valence-corrected chi connectivity index (χ1v) is 12.2. The second-order valence-electron chi connectivity index (χ2n) is 7.63. The third-order valence-corrected chi connectivity index (χ3v) is 7.89. The van der Waals surface area contributed by atoms with E-state index in [2.05, 4.69) is 44.0 Å². The number of aromatic nitrogens is 1. The van der Waals surface area contributed by atoms with Gasteiger partial charge in [-0.15, -0.1) is 23.1 Å². The smallest absolute Gasteiger partial charge is 0.260 e. The molecule has 3 aromatic rings. The number of amides is 1. The van der Waals surface area contributed by atoms with Crippen molar-refractivity contribution in [1.29, 1.82) is 0 Å². The Bertz CT molecular complexity index is 1160. The SMILES string of the molecule is NC(=O)c1sc2nccc(N3CCCN(c4ccc(C5=NCCS5)cc4)CC3)c2c1N. The average molecular weight is 453 g/mol. The number of thiophene rings is 1. The van der Waals surface area contributed by atoms with Crippen LogP contribution in [0.1, 0.15) is 21.7 Å². The predicted molar refractivity (Wildman–Crippen MR) is 132 cm³/mol. The van der Waals surface area contributed by atoms with Gasteiger partial charge < -0.3 is 21.3 Å². The van der Waals surface area contributed by atoms with Crippen LogP contribution in [-0.2, 0) is 0 Å². The van der Waals surface area contributed by atoms with Gasteiger partial charge in [-0.25, -0.2) is 4.98 Å². The molecule has 0 atom stereocenters. The molecule has 160 valence electrons. The molecular formula is C22H24N6OS2. The first-order chi connectivity index (χ1) is 15.1. The van der Waals surface area contributed by atoms with Gasteiger partial charge in [-0.05, 0) is 24.6 Å². The van der Waals surface area contributed by atoms with Crippen molar-refractivity contribution >= 4 is 61.3 Å². The molecule has 2 aliphatic heterocycles. The van der Waals surface area contributed by atoms with E-state index in [-0.39, 0.29) is 0 Å². The van der Waals surface area contributed by atoms with Crippen LogP contribution < -0.4 is 21.3 Å². The largest absolute Gasteiger partial charge is 0.397 e. The first kappa shape index (κ1) is 20.1. The van der Waals surface area contributed by atoms with Crippen molar-refractivity contribution in [3.8, 4) is 0 Å². The van der Waals surface area contributed by atoms with Gasteiger partial charge in [0, 0.05) is 55.9 Å². The fourth-order valence-corrected chi connectivity index (χ4v) is 6.01. The molecule has 0 saturated carbocycles. The van der Waals surface area contributed by atoms with E-state index >= 15 is 0 Å². The summed E-state index contributed by atoms with van der Waals surface area (Å²) in [6, 6.07) is 10.7. The highest BCUT2D eigenvalue weighted by molar-refractivity contribution is 8.14. The van der Waals surface area contributed by atoms with Crippen LogP contribution in [0.15, 0.2) is 41.5 Å². The molecule has 1 amide bonds. The molecule has 1 fully saturated rings. The molecule has 0 bridgehead atoms. The normalized spacial score (nSPS) is 17.1. The van der Waals surface area contributed by atoms with Gasteiger partial charge in [-0.1, -0.05) is 12.1 Å². The number of thioether (sulfide) groups is 1. The number of nitrogens with two attached hydrogens (primary N) is 2. The van der Waals surface area contributed by atoms with Crippen LogP contribution in [0.2, 0.25) is 0 Å². The minimum Gasteiger partial charge on any atom is -0.397 e. The maximum Gasteiger partial charge on any atom is 0.260 e. The van der Waals surface area contributed by atoms with E-state index in [0.717, 1.165) is 65.8 Å². The lowest BCUT2D eigenvalue weighted by Crippen LogP contribution is -2.30. The molecule has 4 heterocycles. The van der Waals surface area contributed by atoms with Crippen molar-refractivity contribution in [2.45, 2.75) is 6.42 Å². The van der Waals surface area contributed by atoms with Gasteiger partial charge in [-0.3, -0.25) is 9.79 Å². The Morgan fingerprint density at radius 1 is 1.03 bits per heavy atom. The summed E-state index contributed by atoms with van der Waals surface area (Å²) in [5.74, 6) is 0.579. The standard InChI is InChI=1S/C22H24N6OS2/c23-18-17-16(6-7-25-22(17)31-19(18)20(24)29)28-10-1-9-27(11-12-28)15-4-2-14(3-5-15)21-26-8-13-30-21/h2-7H,1,8-13,23H2,(H2,24,29). The zero-order chi connectivity index (χ0) is 21.4. The van der Waals surface area contributed by atoms with Gasteiger partial charge in [-0.2, -0.15) is 0 Å². The molecule has 0 unspecified atom stereocenters. The van der Waals surface area contributed by atoms with E-state index in [0.29, 0.717) is 10.6 Å². The second-order valence-corrected chi connectivity index (χ2v) is 9.71. The van der Waals surface area contributed by atoms with Crippen LogP contribution in [0.4, 0.5) is 17.1 Å². The van der Waals surface area contributed by atoms with Gasteiger partial charge in [0.1, 0.15) is 9.71 Å². The molecule has 7 nitrogen and oxygen atoms in total. The van der Waals surface area contributed by atoms with Gasteiger partial charge in [0.05, 0.1) is 21.8 Å². The summed E-state index contributed by atoms with van der Waals surface area (Å²) in [6.07, 6.45) is 2.81. The fourth-order valence-electron chi connectivity index (χ4n) is 4.22. The average Bonchev–Trinajstić information content (AvgIpc) is 3.36. The van der Waals surface area contributed by atoms with Gasteiger partial charge in [0.15, 0.2) is 0 Å². The number of hydrogen-bond acceptors (Lipinski definition) is 8. The Labute approximate surface area is 189 Å². The summed E-state index contributed by atoms with van der Waals surface area (Å²) in [5, 5.41) is 1.99. The Hall–Kier alpha value is -2.78. The molecular weight excluding hydrogens is 428 g/mol. The number of nitrogen functional groups attached to an aromatic ring is 1. The van der Waals surface area contributed by atoms with E-state index in [1.807, 2.05) is 17.8 Å². The minimum absolute atomic E-state index is 0.386. The van der Waals surface area contributed by atoms with Crippen molar-refractivity contribution in [3.63, 3.8) is 0 Å². The molecule has 2 aromatic heterocycles. The molecule has 0 radical (unpaired) electrons. The lowest BCUT2D eigenvalue weighted by molar-refractivity contribution is 0.100. The van der Waals surface area contributed by atoms with Crippen molar-refractivity contribution in [2.24, 2.45) is 10.7 Å². The number of benzene rings is 1. The third kappa shape index (κ3) is 3.83. The Kier molecular flexibility index (Phi) is 5.45. The molecule has 0 spiro atoms. The zero-order valence-electron chi connectivity index (χ0n) is 17.1. The molecule has 9 heteroatoms. The number of primary amides is 1. The van der Waals surface area contributed by atoms with E-state index in [1.165, 1.54) is 22.6 Å². The number of carbonyl (C=O) groups is 1. The molecule has 5 rings (SSSR count). The van der Waals surface area contributed by atoms with Gasteiger partial charge in [0.2, 0.25) is 0 Å². The monoisotopic (exact) mass is 452 g/mol. The quantitative estimate of drug-likeness (QED) is 0.631. The maximum absolute atomic E-state index is 11.7. The summed E-state index contributed by atoms with van der Waals surface area (Å²) in [5.41, 5.74) is 15.7. The lowest BCUT2D eigenvalue weighted by atomic mass is 10.2. The van der Waals surface area contributed by atoms with Crippen molar-refractivity contribution in [1.82, 2.24) is 4.98 Å². The van der Waals surface area contributed by atoms with Crippen molar-refractivity contribution in [2.75, 3.05) is 54.0 Å². The molecule has 4 N–H and O–H groups in total. The van der Waals surface area contributed by atoms with Crippen LogP contribution in [0, 0.1) is 0 Å². The molecule has 31 heavy (non-hydrogen) atoms. The number of rotatable bonds is 4. The number of fused-ring (bicyclic) bond motifs is 1. The topological polar surface area (TPSA) is 101 Å². The number of pyridine rings is 1. The summed E-state index contributed by atoms with van der Waals surface area (Å²) < 4.78 is 0. The van der Waals surface area contributed by atoms with E-state index < -0.39 is 5.91 Å². The highest BCUT2D eigenvalue weighted by atomic mass is 32.2. The number of hydrogen-bond donors (Lipinski definition) is 2. The fraction of sp³-hybridized carbons (Fsp3) is 0.318. The van der Waals surface area contributed by atoms with E-state index in [1.54, 1.807) is 6.20 Å². The maximum atomic E-state index is 11.7. The number of carbonyl (C=O) groups excluding carboxylic acids is 1. The molecule has 1 saturated heterocycles. The Morgan fingerprint density at radius 3 is 2.55 bits per heavy atom. The zero-order valence-corrected chi connectivity index (χ0v) is 18.7. The van der Waals surface area contributed by atoms with Crippen LogP contribution in [0.25, 0.3) is 10.2 Å². The summed E-state index contributed by atoms with van der Waals surface area (Å²) in [4.78, 5) is 26.6. The Balaban J connectivity index is 1.36. The second kappa shape index (κ2) is 8.39. The van der Waals surface area contributed by atoms with Crippen LogP contribution >= 0.6 is 23.1 Å². The highest BCUT2D eigenvalue weighted by Crippen LogP contribution is 2.38. The van der Waals surface area contributed by atoms with Crippen LogP contribution in [-0.4, -0.2) is 54.4 Å². The molecule has 2 aliphatic rings. The van der Waals surface area contributed by atoms with Crippen molar-refractivity contribution in [3.05, 3.63) is 47.0 Å². The third-order valence-electron chi connectivity index (χ3n) is 5.73. The number of anilines is 3. The van der Waals surface area contributed by atoms with E-state index in [9.17, 15) is 4.79 Å². The number of nitrogens with zero attached hydrogens (tertiary/aromatic N) is 4. The Morgan fingerprint density at radius 2 is 1.81 bits per heavy atom. The van der Waals surface area contributed by atoms with Crippen LogP contribution in [0.3, 0.4) is 0 Å².